The Balaban J connectivity index is 1.93. The zero-order chi connectivity index (χ0) is 10.8. The minimum Gasteiger partial charge on any atom is -0.272 e. The second kappa shape index (κ2) is 3.77. The molecule has 0 bridgehead atoms. The van der Waals surface area contributed by atoms with Gasteiger partial charge in [0.25, 0.3) is 11.8 Å². The predicted molar refractivity (Wildman–Crippen MR) is 46.9 cm³/mol. The second-order valence-corrected chi connectivity index (χ2v) is 3.24. The molecule has 0 spiro atoms. The maximum absolute atomic E-state index is 11.2. The topological polar surface area (TPSA) is 77.3 Å². The first-order valence-electron chi connectivity index (χ1n) is 4.51. The van der Waals surface area contributed by atoms with Crippen molar-refractivity contribution in [3.63, 3.8) is 0 Å². The molecule has 7 heteroatoms. The molecule has 0 aromatic carbocycles. The summed E-state index contributed by atoms with van der Waals surface area (Å²) in [5, 5.41) is 8.26. The van der Waals surface area contributed by atoms with Crippen molar-refractivity contribution in [2.75, 3.05) is 0 Å². The van der Waals surface area contributed by atoms with Crippen molar-refractivity contribution in [3.05, 3.63) is 11.9 Å². The zero-order valence-corrected chi connectivity index (χ0v) is 8.21. The van der Waals surface area contributed by atoms with Gasteiger partial charge in [-0.05, 0) is 0 Å². The van der Waals surface area contributed by atoms with Gasteiger partial charge in [0.15, 0.2) is 0 Å². The molecule has 80 valence electrons. The summed E-state index contributed by atoms with van der Waals surface area (Å²) in [5.74, 6) is -0.604. The molecule has 1 aromatic rings. The fraction of sp³-hybridized carbons (Fsp3) is 0.500. The number of carbonyl (C=O) groups excluding carboxylic acids is 2. The fourth-order valence-electron chi connectivity index (χ4n) is 1.29. The molecular formula is C8H10N4O3. The van der Waals surface area contributed by atoms with Crippen molar-refractivity contribution < 1.29 is 14.4 Å². The number of hydrogen-bond donors (Lipinski definition) is 0. The lowest BCUT2D eigenvalue weighted by Gasteiger charge is -2.11. The lowest BCUT2D eigenvalue weighted by Crippen LogP contribution is -2.29. The molecule has 0 atom stereocenters. The van der Waals surface area contributed by atoms with Gasteiger partial charge in [-0.25, -0.2) is 0 Å². The van der Waals surface area contributed by atoms with Crippen LogP contribution in [0.25, 0.3) is 0 Å². The standard InChI is InChI=1S/C8H10N4O3/c1-11-4-6(9-10-11)5-15-12-7(13)2-3-8(12)14/h4H,2-3,5H2,1H3. The Labute approximate surface area is 85.6 Å². The van der Waals surface area contributed by atoms with Gasteiger partial charge in [0.05, 0.1) is 6.20 Å². The van der Waals surface area contributed by atoms with E-state index in [0.29, 0.717) is 5.69 Å². The highest BCUT2D eigenvalue weighted by Crippen LogP contribution is 2.13. The Morgan fingerprint density at radius 2 is 2.07 bits per heavy atom. The molecule has 1 aromatic heterocycles. The molecule has 0 N–H and O–H groups in total. The third-order valence-electron chi connectivity index (χ3n) is 2.00. The molecular weight excluding hydrogens is 200 g/mol. The Morgan fingerprint density at radius 3 is 2.60 bits per heavy atom. The van der Waals surface area contributed by atoms with Crippen molar-refractivity contribution in [2.24, 2.45) is 7.05 Å². The van der Waals surface area contributed by atoms with E-state index < -0.39 is 0 Å². The van der Waals surface area contributed by atoms with Gasteiger partial charge in [0.1, 0.15) is 12.3 Å². The second-order valence-electron chi connectivity index (χ2n) is 3.24. The summed E-state index contributed by atoms with van der Waals surface area (Å²) in [6.07, 6.45) is 2.10. The number of hydroxylamine groups is 2. The van der Waals surface area contributed by atoms with E-state index >= 15 is 0 Å². The predicted octanol–water partition coefficient (Wildman–Crippen LogP) is -0.604. The van der Waals surface area contributed by atoms with Gasteiger partial charge in [0, 0.05) is 19.9 Å². The molecule has 1 fully saturated rings. The van der Waals surface area contributed by atoms with E-state index in [4.69, 9.17) is 4.84 Å². The smallest absolute Gasteiger partial charge is 0.254 e. The van der Waals surface area contributed by atoms with Crippen LogP contribution in [-0.4, -0.2) is 31.9 Å². The lowest BCUT2D eigenvalue weighted by molar-refractivity contribution is -0.191. The van der Waals surface area contributed by atoms with E-state index in [2.05, 4.69) is 10.3 Å². The Bertz CT molecular complexity index is 384. The molecule has 1 saturated heterocycles. The van der Waals surface area contributed by atoms with Crippen LogP contribution in [0.4, 0.5) is 0 Å². The van der Waals surface area contributed by atoms with Gasteiger partial charge in [0.2, 0.25) is 0 Å². The van der Waals surface area contributed by atoms with E-state index in [1.54, 1.807) is 13.2 Å². The molecule has 0 radical (unpaired) electrons. The van der Waals surface area contributed by atoms with Crippen LogP contribution in [0.1, 0.15) is 18.5 Å². The number of nitrogens with zero attached hydrogens (tertiary/aromatic N) is 4. The Hall–Kier alpha value is -1.76. The average molecular weight is 210 g/mol. The molecule has 0 saturated carbocycles. The van der Waals surface area contributed by atoms with Gasteiger partial charge in [-0.2, -0.15) is 5.06 Å². The average Bonchev–Trinajstić information content (AvgIpc) is 2.73. The Kier molecular flexibility index (Phi) is 2.46. The molecule has 2 amide bonds. The summed E-state index contributed by atoms with van der Waals surface area (Å²) in [6, 6.07) is 0. The summed E-state index contributed by atoms with van der Waals surface area (Å²) >= 11 is 0. The van der Waals surface area contributed by atoms with E-state index in [9.17, 15) is 9.59 Å². The minimum absolute atomic E-state index is 0.0747. The van der Waals surface area contributed by atoms with Crippen LogP contribution < -0.4 is 0 Å². The van der Waals surface area contributed by atoms with E-state index in [1.165, 1.54) is 4.68 Å². The molecule has 0 aliphatic carbocycles. The van der Waals surface area contributed by atoms with Gasteiger partial charge in [-0.3, -0.25) is 19.1 Å². The zero-order valence-electron chi connectivity index (χ0n) is 8.21. The highest BCUT2D eigenvalue weighted by molar-refractivity contribution is 6.00. The first-order valence-corrected chi connectivity index (χ1v) is 4.51. The van der Waals surface area contributed by atoms with Gasteiger partial charge in [-0.15, -0.1) is 5.10 Å². The number of carbonyl (C=O) groups is 2. The van der Waals surface area contributed by atoms with Crippen LogP contribution in [0.2, 0.25) is 0 Å². The van der Waals surface area contributed by atoms with E-state index in [1.807, 2.05) is 0 Å². The van der Waals surface area contributed by atoms with Gasteiger partial charge in [-0.1, -0.05) is 5.21 Å². The highest BCUT2D eigenvalue weighted by atomic mass is 16.7. The van der Waals surface area contributed by atoms with Crippen LogP contribution in [0, 0.1) is 0 Å². The number of aromatic nitrogens is 3. The van der Waals surface area contributed by atoms with Crippen molar-refractivity contribution in [2.45, 2.75) is 19.4 Å². The molecule has 1 aliphatic rings. The van der Waals surface area contributed by atoms with Gasteiger partial charge >= 0.3 is 0 Å². The summed E-state index contributed by atoms with van der Waals surface area (Å²) in [7, 11) is 1.72. The number of hydrogen-bond acceptors (Lipinski definition) is 5. The molecule has 2 heterocycles. The highest BCUT2D eigenvalue weighted by Gasteiger charge is 2.30. The first-order chi connectivity index (χ1) is 7.16. The molecule has 7 nitrogen and oxygen atoms in total. The third kappa shape index (κ3) is 2.01. The molecule has 2 rings (SSSR count). The van der Waals surface area contributed by atoms with Crippen LogP contribution in [0.5, 0.6) is 0 Å². The van der Waals surface area contributed by atoms with E-state index in [0.717, 1.165) is 5.06 Å². The lowest BCUT2D eigenvalue weighted by atomic mass is 10.4. The molecule has 1 aliphatic heterocycles. The van der Waals surface area contributed by atoms with Crippen molar-refractivity contribution in [3.8, 4) is 0 Å². The maximum atomic E-state index is 11.2. The van der Waals surface area contributed by atoms with Crippen molar-refractivity contribution in [1.29, 1.82) is 0 Å². The molecule has 15 heavy (non-hydrogen) atoms. The minimum atomic E-state index is -0.302. The van der Waals surface area contributed by atoms with Crippen LogP contribution in [0.3, 0.4) is 0 Å². The van der Waals surface area contributed by atoms with Crippen molar-refractivity contribution in [1.82, 2.24) is 20.1 Å². The number of imide groups is 1. The first kappa shape index (κ1) is 9.78. The summed E-state index contributed by atoms with van der Waals surface area (Å²) in [4.78, 5) is 27.3. The van der Waals surface area contributed by atoms with E-state index in [-0.39, 0.29) is 31.3 Å². The Morgan fingerprint density at radius 1 is 1.40 bits per heavy atom. The quantitative estimate of drug-likeness (QED) is 0.622. The normalized spacial score (nSPS) is 16.5. The maximum Gasteiger partial charge on any atom is 0.254 e. The van der Waals surface area contributed by atoms with Crippen LogP contribution in [-0.2, 0) is 28.1 Å². The van der Waals surface area contributed by atoms with Crippen LogP contribution in [0.15, 0.2) is 6.20 Å². The third-order valence-corrected chi connectivity index (χ3v) is 2.00. The SMILES string of the molecule is Cn1cc(CON2C(=O)CCC2=O)nn1. The largest absolute Gasteiger partial charge is 0.272 e. The summed E-state index contributed by atoms with van der Waals surface area (Å²) < 4.78 is 1.52. The number of rotatable bonds is 3. The molecule has 0 unspecified atom stereocenters. The van der Waals surface area contributed by atoms with Crippen LogP contribution >= 0.6 is 0 Å². The number of aryl methyl sites for hydroxylation is 1. The monoisotopic (exact) mass is 210 g/mol. The summed E-state index contributed by atoms with van der Waals surface area (Å²) in [5.41, 5.74) is 0.574. The van der Waals surface area contributed by atoms with Gasteiger partial charge < -0.3 is 0 Å². The number of amides is 2. The van der Waals surface area contributed by atoms with Crippen molar-refractivity contribution >= 4 is 11.8 Å². The fourth-order valence-corrected chi connectivity index (χ4v) is 1.29. The summed E-state index contributed by atoms with van der Waals surface area (Å²) in [6.45, 7) is 0.0747.